The Kier molecular flexibility index (Phi) is 2.50. The number of nitrogens with two attached hydrogens (primary N) is 1. The standard InChI is InChI=1S/C11H18N4/c1-7-4-8(2)15(6-7)11-5-10(12)13-9(3)14-11/h5,7-8H,4,6H2,1-3H3,(H2,12,13,14). The van der Waals surface area contributed by atoms with Crippen LogP contribution in [0.2, 0.25) is 0 Å². The molecule has 1 aromatic rings. The molecule has 1 saturated heterocycles. The summed E-state index contributed by atoms with van der Waals surface area (Å²) >= 11 is 0. The molecule has 82 valence electrons. The fourth-order valence-corrected chi connectivity index (χ4v) is 2.34. The zero-order valence-corrected chi connectivity index (χ0v) is 9.57. The molecule has 1 fully saturated rings. The second kappa shape index (κ2) is 3.68. The molecule has 15 heavy (non-hydrogen) atoms. The molecule has 4 nitrogen and oxygen atoms in total. The lowest BCUT2D eigenvalue weighted by atomic mass is 10.1. The highest BCUT2D eigenvalue weighted by Gasteiger charge is 2.27. The number of anilines is 2. The van der Waals surface area contributed by atoms with Crippen molar-refractivity contribution in [3.05, 3.63) is 11.9 Å². The van der Waals surface area contributed by atoms with Gasteiger partial charge in [0, 0.05) is 18.7 Å². The molecule has 1 aliphatic rings. The van der Waals surface area contributed by atoms with E-state index in [4.69, 9.17) is 5.73 Å². The molecule has 2 heterocycles. The van der Waals surface area contributed by atoms with Crippen molar-refractivity contribution in [2.24, 2.45) is 5.92 Å². The Labute approximate surface area is 90.5 Å². The van der Waals surface area contributed by atoms with Crippen LogP contribution in [0.1, 0.15) is 26.1 Å². The highest BCUT2D eigenvalue weighted by atomic mass is 15.2. The highest BCUT2D eigenvalue weighted by Crippen LogP contribution is 2.27. The second-order valence-corrected chi connectivity index (χ2v) is 4.54. The van der Waals surface area contributed by atoms with E-state index in [9.17, 15) is 0 Å². The number of nitrogens with zero attached hydrogens (tertiary/aromatic N) is 3. The Bertz CT molecular complexity index is 343. The summed E-state index contributed by atoms with van der Waals surface area (Å²) < 4.78 is 0. The quantitative estimate of drug-likeness (QED) is 0.758. The third-order valence-electron chi connectivity index (χ3n) is 2.92. The molecule has 1 aliphatic heterocycles. The fraction of sp³-hybridized carbons (Fsp3) is 0.636. The molecular weight excluding hydrogens is 188 g/mol. The predicted molar refractivity (Wildman–Crippen MR) is 61.8 cm³/mol. The van der Waals surface area contributed by atoms with Crippen LogP contribution >= 0.6 is 0 Å². The largest absolute Gasteiger partial charge is 0.384 e. The summed E-state index contributed by atoms with van der Waals surface area (Å²) in [6.45, 7) is 7.45. The number of rotatable bonds is 1. The molecule has 2 N–H and O–H groups in total. The van der Waals surface area contributed by atoms with Crippen LogP contribution in [-0.4, -0.2) is 22.6 Å². The molecule has 0 radical (unpaired) electrons. The Morgan fingerprint density at radius 1 is 1.40 bits per heavy atom. The van der Waals surface area contributed by atoms with Crippen molar-refractivity contribution in [3.63, 3.8) is 0 Å². The van der Waals surface area contributed by atoms with Crippen LogP contribution in [0, 0.1) is 12.8 Å². The summed E-state index contributed by atoms with van der Waals surface area (Å²) in [6, 6.07) is 2.41. The first-order valence-electron chi connectivity index (χ1n) is 5.44. The average molecular weight is 206 g/mol. The van der Waals surface area contributed by atoms with Gasteiger partial charge in [0.25, 0.3) is 0 Å². The second-order valence-electron chi connectivity index (χ2n) is 4.54. The van der Waals surface area contributed by atoms with E-state index in [1.54, 1.807) is 0 Å². The van der Waals surface area contributed by atoms with Gasteiger partial charge in [-0.2, -0.15) is 0 Å². The normalized spacial score (nSPS) is 25.9. The number of nitrogen functional groups attached to an aromatic ring is 1. The maximum absolute atomic E-state index is 5.73. The molecule has 0 saturated carbocycles. The van der Waals surface area contributed by atoms with Gasteiger partial charge in [-0.15, -0.1) is 0 Å². The van der Waals surface area contributed by atoms with Crippen LogP contribution in [0.15, 0.2) is 6.07 Å². The zero-order chi connectivity index (χ0) is 11.0. The number of aryl methyl sites for hydroxylation is 1. The van der Waals surface area contributed by atoms with E-state index in [1.807, 2.05) is 13.0 Å². The number of hydrogen-bond donors (Lipinski definition) is 1. The van der Waals surface area contributed by atoms with Gasteiger partial charge in [0.2, 0.25) is 0 Å². The first-order valence-corrected chi connectivity index (χ1v) is 5.44. The van der Waals surface area contributed by atoms with E-state index >= 15 is 0 Å². The molecule has 4 heteroatoms. The van der Waals surface area contributed by atoms with Crippen molar-refractivity contribution in [3.8, 4) is 0 Å². The summed E-state index contributed by atoms with van der Waals surface area (Å²) in [5.41, 5.74) is 5.73. The summed E-state index contributed by atoms with van der Waals surface area (Å²) in [5.74, 6) is 3.01. The average Bonchev–Trinajstić information content (AvgIpc) is 2.43. The van der Waals surface area contributed by atoms with Gasteiger partial charge in [-0.05, 0) is 26.2 Å². The van der Waals surface area contributed by atoms with Crippen LogP contribution in [0.3, 0.4) is 0 Å². The van der Waals surface area contributed by atoms with E-state index in [0.717, 1.165) is 24.1 Å². The maximum atomic E-state index is 5.73. The highest BCUT2D eigenvalue weighted by molar-refractivity contribution is 5.48. The SMILES string of the molecule is Cc1nc(N)cc(N2CC(C)CC2C)n1. The number of aromatic nitrogens is 2. The van der Waals surface area contributed by atoms with Gasteiger partial charge in [-0.3, -0.25) is 0 Å². The predicted octanol–water partition coefficient (Wildman–Crippen LogP) is 1.60. The van der Waals surface area contributed by atoms with Crippen LogP contribution in [0.5, 0.6) is 0 Å². The minimum absolute atomic E-state index is 0.550. The lowest BCUT2D eigenvalue weighted by Gasteiger charge is -2.22. The van der Waals surface area contributed by atoms with Crippen molar-refractivity contribution in [1.29, 1.82) is 0 Å². The van der Waals surface area contributed by atoms with Crippen LogP contribution < -0.4 is 10.6 Å². The van der Waals surface area contributed by atoms with Crippen LogP contribution in [0.25, 0.3) is 0 Å². The summed E-state index contributed by atoms with van der Waals surface area (Å²) in [5, 5.41) is 0. The summed E-state index contributed by atoms with van der Waals surface area (Å²) in [7, 11) is 0. The van der Waals surface area contributed by atoms with E-state index in [2.05, 4.69) is 28.7 Å². The smallest absolute Gasteiger partial charge is 0.134 e. The van der Waals surface area contributed by atoms with Crippen molar-refractivity contribution in [2.75, 3.05) is 17.2 Å². The van der Waals surface area contributed by atoms with Gasteiger partial charge < -0.3 is 10.6 Å². The van der Waals surface area contributed by atoms with Crippen molar-refractivity contribution >= 4 is 11.6 Å². The Morgan fingerprint density at radius 3 is 2.67 bits per heavy atom. The number of hydrogen-bond acceptors (Lipinski definition) is 4. The topological polar surface area (TPSA) is 55.0 Å². The Hall–Kier alpha value is -1.32. The molecular formula is C11H18N4. The first kappa shape index (κ1) is 10.2. The van der Waals surface area contributed by atoms with E-state index in [1.165, 1.54) is 6.42 Å². The third-order valence-corrected chi connectivity index (χ3v) is 2.92. The molecule has 1 aromatic heterocycles. The van der Waals surface area contributed by atoms with E-state index in [0.29, 0.717) is 11.9 Å². The van der Waals surface area contributed by atoms with Crippen molar-refractivity contribution in [1.82, 2.24) is 9.97 Å². The summed E-state index contributed by atoms with van der Waals surface area (Å²) in [6.07, 6.45) is 1.23. The summed E-state index contributed by atoms with van der Waals surface area (Å²) in [4.78, 5) is 10.8. The zero-order valence-electron chi connectivity index (χ0n) is 9.57. The monoisotopic (exact) mass is 206 g/mol. The van der Waals surface area contributed by atoms with Gasteiger partial charge in [0.05, 0.1) is 0 Å². The van der Waals surface area contributed by atoms with E-state index < -0.39 is 0 Å². The Balaban J connectivity index is 2.29. The molecule has 0 amide bonds. The van der Waals surface area contributed by atoms with Gasteiger partial charge in [-0.25, -0.2) is 9.97 Å². The van der Waals surface area contributed by atoms with Crippen LogP contribution in [0.4, 0.5) is 11.6 Å². The molecule has 0 spiro atoms. The third kappa shape index (κ3) is 2.03. The lowest BCUT2D eigenvalue weighted by molar-refractivity contribution is 0.625. The van der Waals surface area contributed by atoms with Gasteiger partial charge in [0.1, 0.15) is 17.5 Å². The molecule has 0 aliphatic carbocycles. The minimum Gasteiger partial charge on any atom is -0.384 e. The lowest BCUT2D eigenvalue weighted by Crippen LogP contribution is -2.28. The molecule has 0 bridgehead atoms. The molecule has 2 atom stereocenters. The van der Waals surface area contributed by atoms with Gasteiger partial charge in [-0.1, -0.05) is 6.92 Å². The molecule has 0 aromatic carbocycles. The van der Waals surface area contributed by atoms with E-state index in [-0.39, 0.29) is 0 Å². The first-order chi connectivity index (χ1) is 7.06. The van der Waals surface area contributed by atoms with Crippen molar-refractivity contribution in [2.45, 2.75) is 33.2 Å². The van der Waals surface area contributed by atoms with Crippen LogP contribution in [-0.2, 0) is 0 Å². The molecule has 2 rings (SSSR count). The fourth-order valence-electron chi connectivity index (χ4n) is 2.34. The van der Waals surface area contributed by atoms with Crippen molar-refractivity contribution < 1.29 is 0 Å². The maximum Gasteiger partial charge on any atom is 0.134 e. The Morgan fingerprint density at radius 2 is 2.13 bits per heavy atom. The molecule has 2 unspecified atom stereocenters. The van der Waals surface area contributed by atoms with Gasteiger partial charge in [0.15, 0.2) is 0 Å². The minimum atomic E-state index is 0.550. The van der Waals surface area contributed by atoms with Gasteiger partial charge >= 0.3 is 0 Å².